The minimum absolute atomic E-state index is 0.0355. The van der Waals surface area contributed by atoms with Gasteiger partial charge in [-0.2, -0.15) is 0 Å². The lowest BCUT2D eigenvalue weighted by Crippen LogP contribution is -2.00. The summed E-state index contributed by atoms with van der Waals surface area (Å²) in [5.41, 5.74) is -0.125. The summed E-state index contributed by atoms with van der Waals surface area (Å²) >= 11 is 0. The molecule has 0 spiro atoms. The second kappa shape index (κ2) is 6.90. The Hall–Kier alpha value is -2.70. The fourth-order valence-corrected chi connectivity index (χ4v) is 1.22. The van der Waals surface area contributed by atoms with Crippen molar-refractivity contribution < 1.29 is 24.0 Å². The third-order valence-electron chi connectivity index (χ3n) is 2.12. The van der Waals surface area contributed by atoms with Crippen LogP contribution in [-0.2, 0) is 9.53 Å². The number of hydrogen-bond acceptors (Lipinski definition) is 6. The molecule has 0 aromatic heterocycles. The molecule has 0 aliphatic rings. The van der Waals surface area contributed by atoms with Crippen molar-refractivity contribution in [3.8, 4) is 5.75 Å². The minimum atomic E-state index is -0.603. The number of nitro benzene ring substituents is 1. The summed E-state index contributed by atoms with van der Waals surface area (Å²) < 4.78 is 9.59. The SMILES string of the molecule is COC(=O)/C=C/COc1ccc([N+](=O)[O-])cc1C=O. The number of aldehydes is 1. The molecule has 100 valence electrons. The topological polar surface area (TPSA) is 95.7 Å². The average molecular weight is 265 g/mol. The molecule has 0 radical (unpaired) electrons. The number of nitrogens with zero attached hydrogens (tertiary/aromatic N) is 1. The predicted molar refractivity (Wildman–Crippen MR) is 65.1 cm³/mol. The minimum Gasteiger partial charge on any atom is -0.489 e. The first-order chi connectivity index (χ1) is 9.08. The van der Waals surface area contributed by atoms with Gasteiger partial charge >= 0.3 is 5.97 Å². The van der Waals surface area contributed by atoms with Crippen LogP contribution in [0.15, 0.2) is 30.4 Å². The number of carbonyl (C=O) groups excluding carboxylic acids is 2. The van der Waals surface area contributed by atoms with Crippen LogP contribution in [0.3, 0.4) is 0 Å². The molecule has 0 unspecified atom stereocenters. The maximum absolute atomic E-state index is 10.8. The second-order valence-electron chi connectivity index (χ2n) is 3.33. The number of carbonyl (C=O) groups is 2. The zero-order valence-corrected chi connectivity index (χ0v) is 10.1. The fourth-order valence-electron chi connectivity index (χ4n) is 1.22. The predicted octanol–water partition coefficient (Wildman–Crippen LogP) is 1.52. The first-order valence-corrected chi connectivity index (χ1v) is 5.19. The van der Waals surface area contributed by atoms with Crippen molar-refractivity contribution in [3.05, 3.63) is 46.0 Å². The number of hydrogen-bond donors (Lipinski definition) is 0. The Bertz CT molecular complexity index is 523. The number of ether oxygens (including phenoxy) is 2. The number of benzene rings is 1. The van der Waals surface area contributed by atoms with Crippen molar-refractivity contribution in [2.45, 2.75) is 0 Å². The second-order valence-corrected chi connectivity index (χ2v) is 3.33. The zero-order chi connectivity index (χ0) is 14.3. The molecule has 7 nitrogen and oxygen atoms in total. The maximum Gasteiger partial charge on any atom is 0.330 e. The van der Waals surface area contributed by atoms with E-state index < -0.39 is 10.9 Å². The molecule has 1 rings (SSSR count). The standard InChI is InChI=1S/C12H11NO6/c1-18-12(15)3-2-6-19-11-5-4-10(13(16)17)7-9(11)8-14/h2-5,7-8H,6H2,1H3/b3-2+. The van der Waals surface area contributed by atoms with Gasteiger partial charge in [0.2, 0.25) is 0 Å². The first kappa shape index (κ1) is 14.4. The van der Waals surface area contributed by atoms with Crippen molar-refractivity contribution in [2.75, 3.05) is 13.7 Å². The summed E-state index contributed by atoms with van der Waals surface area (Å²) in [5, 5.41) is 10.5. The lowest BCUT2D eigenvalue weighted by atomic mass is 10.2. The largest absolute Gasteiger partial charge is 0.489 e. The molecular formula is C12H11NO6. The van der Waals surface area contributed by atoms with E-state index in [1.54, 1.807) is 0 Å². The van der Waals surface area contributed by atoms with Gasteiger partial charge in [-0.05, 0) is 12.1 Å². The van der Waals surface area contributed by atoms with Crippen LogP contribution in [0.25, 0.3) is 0 Å². The Labute approximate surface area is 108 Å². The molecule has 0 heterocycles. The smallest absolute Gasteiger partial charge is 0.330 e. The highest BCUT2D eigenvalue weighted by Crippen LogP contribution is 2.22. The van der Waals surface area contributed by atoms with E-state index in [2.05, 4.69) is 4.74 Å². The molecule has 0 aliphatic carbocycles. The van der Waals surface area contributed by atoms with Gasteiger partial charge in [-0.3, -0.25) is 14.9 Å². The maximum atomic E-state index is 10.8. The molecule has 19 heavy (non-hydrogen) atoms. The van der Waals surface area contributed by atoms with E-state index in [0.29, 0.717) is 6.29 Å². The molecule has 0 amide bonds. The van der Waals surface area contributed by atoms with E-state index in [0.717, 1.165) is 6.07 Å². The normalized spacial score (nSPS) is 10.2. The van der Waals surface area contributed by atoms with Crippen LogP contribution < -0.4 is 4.74 Å². The number of rotatable bonds is 6. The van der Waals surface area contributed by atoms with Gasteiger partial charge in [0, 0.05) is 18.2 Å². The summed E-state index contributed by atoms with van der Waals surface area (Å²) in [5.74, 6) is -0.321. The van der Waals surface area contributed by atoms with Crippen LogP contribution in [0, 0.1) is 10.1 Å². The molecule has 0 aliphatic heterocycles. The highest BCUT2D eigenvalue weighted by molar-refractivity contribution is 5.82. The Balaban J connectivity index is 2.73. The molecule has 1 aromatic carbocycles. The molecule has 0 N–H and O–H groups in total. The molecule has 7 heteroatoms. The van der Waals surface area contributed by atoms with Gasteiger partial charge < -0.3 is 9.47 Å². The summed E-state index contributed by atoms with van der Waals surface area (Å²) in [4.78, 5) is 31.5. The Kier molecular flexibility index (Phi) is 5.21. The van der Waals surface area contributed by atoms with Crippen LogP contribution in [0.2, 0.25) is 0 Å². The lowest BCUT2D eigenvalue weighted by Gasteiger charge is -2.05. The number of nitro groups is 1. The van der Waals surface area contributed by atoms with Gasteiger partial charge in [0.15, 0.2) is 6.29 Å². The van der Waals surface area contributed by atoms with Crippen molar-refractivity contribution in [3.63, 3.8) is 0 Å². The van der Waals surface area contributed by atoms with Gasteiger partial charge in [0.25, 0.3) is 5.69 Å². The van der Waals surface area contributed by atoms with Gasteiger partial charge in [0.05, 0.1) is 17.6 Å². The van der Waals surface area contributed by atoms with E-state index in [1.165, 1.54) is 31.4 Å². The summed E-state index contributed by atoms with van der Waals surface area (Å²) in [6, 6.07) is 3.67. The van der Waals surface area contributed by atoms with Crippen LogP contribution >= 0.6 is 0 Å². The molecule has 0 saturated heterocycles. The number of methoxy groups -OCH3 is 1. The van der Waals surface area contributed by atoms with Gasteiger partial charge in [-0.1, -0.05) is 0 Å². The van der Waals surface area contributed by atoms with Crippen LogP contribution in [0.5, 0.6) is 5.75 Å². The highest BCUT2D eigenvalue weighted by atomic mass is 16.6. The Morgan fingerprint density at radius 3 is 2.79 bits per heavy atom. The monoisotopic (exact) mass is 265 g/mol. The molecule has 0 fully saturated rings. The third-order valence-corrected chi connectivity index (χ3v) is 2.12. The van der Waals surface area contributed by atoms with Gasteiger partial charge in [0.1, 0.15) is 12.4 Å². The summed E-state index contributed by atoms with van der Waals surface area (Å²) in [7, 11) is 1.24. The van der Waals surface area contributed by atoms with E-state index in [-0.39, 0.29) is 23.6 Å². The summed E-state index contributed by atoms with van der Waals surface area (Å²) in [6.45, 7) is 0.0355. The van der Waals surface area contributed by atoms with Crippen LogP contribution in [0.1, 0.15) is 10.4 Å². The van der Waals surface area contributed by atoms with E-state index >= 15 is 0 Å². The molecule has 0 atom stereocenters. The lowest BCUT2D eigenvalue weighted by molar-refractivity contribution is -0.384. The van der Waals surface area contributed by atoms with Crippen molar-refractivity contribution in [1.82, 2.24) is 0 Å². The van der Waals surface area contributed by atoms with Crippen LogP contribution in [0.4, 0.5) is 5.69 Å². The molecule has 0 saturated carbocycles. The number of non-ortho nitro benzene ring substituents is 1. The zero-order valence-electron chi connectivity index (χ0n) is 10.1. The van der Waals surface area contributed by atoms with E-state index in [9.17, 15) is 19.7 Å². The van der Waals surface area contributed by atoms with E-state index in [1.807, 2.05) is 0 Å². The van der Waals surface area contributed by atoms with Gasteiger partial charge in [-0.25, -0.2) is 4.79 Å². The van der Waals surface area contributed by atoms with Crippen LogP contribution in [-0.4, -0.2) is 30.9 Å². The van der Waals surface area contributed by atoms with Gasteiger partial charge in [-0.15, -0.1) is 0 Å². The third kappa shape index (κ3) is 4.23. The van der Waals surface area contributed by atoms with Crippen molar-refractivity contribution in [1.29, 1.82) is 0 Å². The fraction of sp³-hybridized carbons (Fsp3) is 0.167. The summed E-state index contributed by atoms with van der Waals surface area (Å²) in [6.07, 6.45) is 3.04. The van der Waals surface area contributed by atoms with Crippen molar-refractivity contribution >= 4 is 17.9 Å². The Morgan fingerprint density at radius 2 is 2.21 bits per heavy atom. The first-order valence-electron chi connectivity index (χ1n) is 5.19. The molecule has 1 aromatic rings. The average Bonchev–Trinajstić information content (AvgIpc) is 2.42. The molecular weight excluding hydrogens is 254 g/mol. The van der Waals surface area contributed by atoms with E-state index in [4.69, 9.17) is 4.74 Å². The molecule has 0 bridgehead atoms. The highest BCUT2D eigenvalue weighted by Gasteiger charge is 2.10. The number of esters is 1. The Morgan fingerprint density at radius 1 is 1.47 bits per heavy atom. The quantitative estimate of drug-likeness (QED) is 0.254. The van der Waals surface area contributed by atoms with Crippen molar-refractivity contribution in [2.24, 2.45) is 0 Å².